The lowest BCUT2D eigenvalue weighted by atomic mass is 10.3. The summed E-state index contributed by atoms with van der Waals surface area (Å²) in [6.45, 7) is 0. The minimum absolute atomic E-state index is 0.0746. The molecule has 0 atom stereocenters. The Balaban J connectivity index is 2.38. The molecule has 82 valence electrons. The van der Waals surface area contributed by atoms with E-state index in [9.17, 15) is 12.8 Å². The molecular weight excluding hydrogens is 217 g/mol. The van der Waals surface area contributed by atoms with Gasteiger partial charge in [0.25, 0.3) is 0 Å². The van der Waals surface area contributed by atoms with Crippen molar-refractivity contribution in [2.75, 3.05) is 11.5 Å². The van der Waals surface area contributed by atoms with Crippen molar-refractivity contribution in [3.8, 4) is 0 Å². The first kappa shape index (κ1) is 10.4. The Labute approximate surface area is 88.0 Å². The van der Waals surface area contributed by atoms with Crippen molar-refractivity contribution in [1.82, 2.24) is 0 Å². The Morgan fingerprint density at radius 3 is 2.67 bits per heavy atom. The third kappa shape index (κ3) is 2.28. The van der Waals surface area contributed by atoms with Crippen LogP contribution in [-0.2, 0) is 9.84 Å². The second kappa shape index (κ2) is 3.48. The van der Waals surface area contributed by atoms with Crippen LogP contribution in [0, 0.1) is 11.7 Å². The first-order chi connectivity index (χ1) is 6.99. The molecule has 2 N–H and O–H groups in total. The maximum Gasteiger partial charge on any atom is 0.180 e. The van der Waals surface area contributed by atoms with Crippen molar-refractivity contribution in [3.63, 3.8) is 0 Å². The topological polar surface area (TPSA) is 60.2 Å². The highest BCUT2D eigenvalue weighted by atomic mass is 32.2. The maximum atomic E-state index is 12.9. The van der Waals surface area contributed by atoms with Gasteiger partial charge in [0.05, 0.1) is 16.3 Å². The lowest BCUT2D eigenvalue weighted by Crippen LogP contribution is -2.11. The molecule has 1 aliphatic rings. The fourth-order valence-corrected chi connectivity index (χ4v) is 3.31. The zero-order valence-electron chi connectivity index (χ0n) is 8.11. The molecule has 1 saturated carbocycles. The summed E-state index contributed by atoms with van der Waals surface area (Å²) in [7, 11) is -3.42. The highest BCUT2D eigenvalue weighted by Crippen LogP contribution is 2.33. The minimum atomic E-state index is -3.42. The van der Waals surface area contributed by atoms with Gasteiger partial charge < -0.3 is 5.73 Å². The van der Waals surface area contributed by atoms with Gasteiger partial charge in [0, 0.05) is 0 Å². The predicted octanol–water partition coefficient (Wildman–Crippen LogP) is 1.59. The average molecular weight is 229 g/mol. The fourth-order valence-electron chi connectivity index (χ4n) is 1.46. The lowest BCUT2D eigenvalue weighted by molar-refractivity contribution is 0.588. The van der Waals surface area contributed by atoms with E-state index in [2.05, 4.69) is 0 Å². The van der Waals surface area contributed by atoms with Gasteiger partial charge >= 0.3 is 0 Å². The van der Waals surface area contributed by atoms with Crippen molar-refractivity contribution >= 4 is 15.5 Å². The number of benzene rings is 1. The smallest absolute Gasteiger partial charge is 0.180 e. The van der Waals surface area contributed by atoms with E-state index in [1.807, 2.05) is 0 Å². The Bertz CT molecular complexity index is 480. The van der Waals surface area contributed by atoms with Crippen LogP contribution < -0.4 is 5.73 Å². The molecule has 0 aromatic heterocycles. The van der Waals surface area contributed by atoms with Crippen LogP contribution in [0.1, 0.15) is 12.8 Å². The highest BCUT2D eigenvalue weighted by molar-refractivity contribution is 7.91. The molecule has 1 fully saturated rings. The van der Waals surface area contributed by atoms with E-state index in [0.29, 0.717) is 0 Å². The van der Waals surface area contributed by atoms with E-state index < -0.39 is 15.7 Å². The molecular formula is C10H12FNO2S. The van der Waals surface area contributed by atoms with Crippen LogP contribution in [0.3, 0.4) is 0 Å². The van der Waals surface area contributed by atoms with Gasteiger partial charge in [-0.05, 0) is 37.0 Å². The van der Waals surface area contributed by atoms with Gasteiger partial charge in [0.2, 0.25) is 0 Å². The minimum Gasteiger partial charge on any atom is -0.398 e. The van der Waals surface area contributed by atoms with Gasteiger partial charge in [-0.15, -0.1) is 0 Å². The number of hydrogen-bond donors (Lipinski definition) is 1. The third-order valence-electron chi connectivity index (χ3n) is 2.46. The second-order valence-corrected chi connectivity index (χ2v) is 5.91. The van der Waals surface area contributed by atoms with Crippen LogP contribution in [0.2, 0.25) is 0 Å². The summed E-state index contributed by atoms with van der Waals surface area (Å²) in [6, 6.07) is 3.44. The highest BCUT2D eigenvalue weighted by Gasteiger charge is 2.30. The first-order valence-electron chi connectivity index (χ1n) is 4.77. The fraction of sp³-hybridized carbons (Fsp3) is 0.400. The van der Waals surface area contributed by atoms with Crippen LogP contribution in [0.4, 0.5) is 10.1 Å². The van der Waals surface area contributed by atoms with Gasteiger partial charge in [-0.3, -0.25) is 0 Å². The number of rotatable bonds is 3. The van der Waals surface area contributed by atoms with E-state index in [1.54, 1.807) is 0 Å². The average Bonchev–Trinajstić information content (AvgIpc) is 2.92. The van der Waals surface area contributed by atoms with Crippen molar-refractivity contribution in [1.29, 1.82) is 0 Å². The largest absolute Gasteiger partial charge is 0.398 e. The molecule has 1 aliphatic carbocycles. The van der Waals surface area contributed by atoms with E-state index in [4.69, 9.17) is 5.73 Å². The number of nitrogens with two attached hydrogens (primary N) is 1. The molecule has 2 rings (SSSR count). The normalized spacial score (nSPS) is 16.6. The zero-order chi connectivity index (χ0) is 11.1. The standard InChI is InChI=1S/C10H12FNO2S/c11-8-3-4-9(12)10(5-8)15(13,14)6-7-1-2-7/h3-5,7H,1-2,6,12H2. The summed E-state index contributed by atoms with van der Waals surface area (Å²) in [4.78, 5) is -0.0746. The van der Waals surface area contributed by atoms with Crippen molar-refractivity contribution < 1.29 is 12.8 Å². The molecule has 0 unspecified atom stereocenters. The third-order valence-corrected chi connectivity index (χ3v) is 4.40. The van der Waals surface area contributed by atoms with Crippen molar-refractivity contribution in [3.05, 3.63) is 24.0 Å². The van der Waals surface area contributed by atoms with E-state index in [1.165, 1.54) is 6.07 Å². The molecule has 1 aromatic rings. The monoisotopic (exact) mass is 229 g/mol. The second-order valence-electron chi connectivity index (χ2n) is 3.91. The lowest BCUT2D eigenvalue weighted by Gasteiger charge is -2.06. The van der Waals surface area contributed by atoms with Gasteiger partial charge in [-0.25, -0.2) is 12.8 Å². The molecule has 0 saturated heterocycles. The molecule has 3 nitrogen and oxygen atoms in total. The van der Waals surface area contributed by atoms with E-state index >= 15 is 0 Å². The van der Waals surface area contributed by atoms with E-state index in [-0.39, 0.29) is 22.3 Å². The van der Waals surface area contributed by atoms with Gasteiger partial charge in [0.1, 0.15) is 5.82 Å². The van der Waals surface area contributed by atoms with Crippen LogP contribution in [-0.4, -0.2) is 14.2 Å². The molecule has 0 radical (unpaired) electrons. The number of sulfone groups is 1. The maximum absolute atomic E-state index is 12.9. The Morgan fingerprint density at radius 1 is 1.40 bits per heavy atom. The Kier molecular flexibility index (Phi) is 2.42. The van der Waals surface area contributed by atoms with Gasteiger partial charge in [-0.2, -0.15) is 0 Å². The number of nitrogen functional groups attached to an aromatic ring is 1. The van der Waals surface area contributed by atoms with Crippen LogP contribution in [0.5, 0.6) is 0 Å². The van der Waals surface area contributed by atoms with Gasteiger partial charge in [0.15, 0.2) is 9.84 Å². The molecule has 5 heteroatoms. The SMILES string of the molecule is Nc1ccc(F)cc1S(=O)(=O)CC1CC1. The van der Waals surface area contributed by atoms with E-state index in [0.717, 1.165) is 25.0 Å². The molecule has 0 amide bonds. The molecule has 0 spiro atoms. The van der Waals surface area contributed by atoms with Crippen molar-refractivity contribution in [2.45, 2.75) is 17.7 Å². The quantitative estimate of drug-likeness (QED) is 0.801. The number of anilines is 1. The summed E-state index contributed by atoms with van der Waals surface area (Å²) in [5.74, 6) is -0.253. The van der Waals surface area contributed by atoms with Crippen LogP contribution in [0.15, 0.2) is 23.1 Å². The number of halogens is 1. The van der Waals surface area contributed by atoms with Gasteiger partial charge in [-0.1, -0.05) is 0 Å². The molecule has 1 aromatic carbocycles. The summed E-state index contributed by atoms with van der Waals surface area (Å²) in [6.07, 6.45) is 1.88. The molecule has 0 bridgehead atoms. The van der Waals surface area contributed by atoms with Crippen LogP contribution in [0.25, 0.3) is 0 Å². The number of hydrogen-bond acceptors (Lipinski definition) is 3. The summed E-state index contributed by atoms with van der Waals surface area (Å²) < 4.78 is 36.5. The Hall–Kier alpha value is -1.10. The predicted molar refractivity (Wildman–Crippen MR) is 55.6 cm³/mol. The molecule has 0 aliphatic heterocycles. The van der Waals surface area contributed by atoms with Crippen molar-refractivity contribution in [2.24, 2.45) is 5.92 Å². The molecule has 0 heterocycles. The first-order valence-corrected chi connectivity index (χ1v) is 6.42. The Morgan fingerprint density at radius 2 is 2.07 bits per heavy atom. The molecule has 15 heavy (non-hydrogen) atoms. The zero-order valence-corrected chi connectivity index (χ0v) is 8.93. The summed E-state index contributed by atoms with van der Waals surface area (Å²) in [5.41, 5.74) is 5.65. The van der Waals surface area contributed by atoms with Crippen LogP contribution >= 0.6 is 0 Å². The summed E-state index contributed by atoms with van der Waals surface area (Å²) >= 11 is 0. The summed E-state index contributed by atoms with van der Waals surface area (Å²) in [5, 5.41) is 0.